The number of aromatic nitrogens is 3. The van der Waals surface area contributed by atoms with E-state index in [9.17, 15) is 15.0 Å². The number of carbonyl (C=O) groups excluding carboxylic acids is 1. The lowest BCUT2D eigenvalue weighted by Crippen LogP contribution is -2.28. The van der Waals surface area contributed by atoms with Crippen LogP contribution < -0.4 is 9.84 Å². The van der Waals surface area contributed by atoms with E-state index in [1.807, 2.05) is 24.3 Å². The molecule has 0 aliphatic rings. The van der Waals surface area contributed by atoms with Gasteiger partial charge in [-0.05, 0) is 24.3 Å². The van der Waals surface area contributed by atoms with Gasteiger partial charge in [-0.15, -0.1) is 15.0 Å². The van der Waals surface area contributed by atoms with Crippen LogP contribution in [0.25, 0.3) is 16.7 Å². The van der Waals surface area contributed by atoms with Crippen LogP contribution in [0.15, 0.2) is 42.5 Å². The van der Waals surface area contributed by atoms with E-state index in [0.29, 0.717) is 16.7 Å². The molecule has 0 bridgehead atoms. The van der Waals surface area contributed by atoms with E-state index in [1.165, 1.54) is 16.9 Å². The van der Waals surface area contributed by atoms with Gasteiger partial charge in [-0.1, -0.05) is 12.1 Å². The zero-order chi connectivity index (χ0) is 14.8. The van der Waals surface area contributed by atoms with Gasteiger partial charge in [0, 0.05) is 6.07 Å². The molecular weight excluding hydrogens is 274 g/mol. The molecule has 21 heavy (non-hydrogen) atoms. The number of ether oxygens (including phenoxy) is 1. The molecule has 0 amide bonds. The number of fused-ring (bicyclic) bond motifs is 1. The fraction of sp³-hybridized carbons (Fsp3) is 0.0714. The monoisotopic (exact) mass is 284 g/mol. The fourth-order valence-electron chi connectivity index (χ4n) is 1.87. The first kappa shape index (κ1) is 12.9. The van der Waals surface area contributed by atoms with E-state index < -0.39 is 12.6 Å². The van der Waals surface area contributed by atoms with Crippen LogP contribution >= 0.6 is 0 Å². The lowest BCUT2D eigenvalue weighted by atomic mass is 10.3. The number of carbonyl (C=O) groups is 1. The number of phenolic OH excluding ortho intramolecular Hbond substituents is 1. The number of carboxylic acids is 1. The van der Waals surface area contributed by atoms with Crippen LogP contribution in [-0.4, -0.2) is 32.7 Å². The van der Waals surface area contributed by atoms with Crippen molar-refractivity contribution in [2.24, 2.45) is 0 Å². The number of aliphatic carboxylic acids is 1. The van der Waals surface area contributed by atoms with Crippen LogP contribution in [0.2, 0.25) is 0 Å². The average Bonchev–Trinajstić information content (AvgIpc) is 2.88. The van der Waals surface area contributed by atoms with E-state index in [-0.39, 0.29) is 11.5 Å². The Balaban J connectivity index is 1.93. The Morgan fingerprint density at radius 3 is 2.43 bits per heavy atom. The summed E-state index contributed by atoms with van der Waals surface area (Å²) in [5.41, 5.74) is 1.77. The molecule has 106 valence electrons. The third kappa shape index (κ3) is 2.62. The molecule has 1 N–H and O–H groups in total. The van der Waals surface area contributed by atoms with E-state index in [1.54, 1.807) is 6.07 Å². The topological polar surface area (TPSA) is 100 Å². The van der Waals surface area contributed by atoms with Crippen LogP contribution in [0.1, 0.15) is 0 Å². The van der Waals surface area contributed by atoms with Crippen molar-refractivity contribution in [3.05, 3.63) is 42.5 Å². The molecule has 0 unspecified atom stereocenters. The summed E-state index contributed by atoms with van der Waals surface area (Å²) in [7, 11) is 0. The molecule has 0 spiro atoms. The maximum absolute atomic E-state index is 10.3. The van der Waals surface area contributed by atoms with Gasteiger partial charge in [0.25, 0.3) is 0 Å². The third-order valence-electron chi connectivity index (χ3n) is 2.81. The van der Waals surface area contributed by atoms with Gasteiger partial charge in [-0.25, -0.2) is 0 Å². The third-order valence-corrected chi connectivity index (χ3v) is 2.81. The van der Waals surface area contributed by atoms with Gasteiger partial charge in [0.1, 0.15) is 34.8 Å². The highest BCUT2D eigenvalue weighted by Gasteiger charge is 2.09. The van der Waals surface area contributed by atoms with Crippen molar-refractivity contribution < 1.29 is 19.7 Å². The van der Waals surface area contributed by atoms with Gasteiger partial charge < -0.3 is 19.7 Å². The van der Waals surface area contributed by atoms with Gasteiger partial charge in [0.05, 0.1) is 5.97 Å². The van der Waals surface area contributed by atoms with Crippen molar-refractivity contribution in [3.8, 4) is 17.2 Å². The number of rotatable bonds is 4. The Morgan fingerprint density at radius 1 is 1.19 bits per heavy atom. The Morgan fingerprint density at radius 2 is 1.86 bits per heavy atom. The van der Waals surface area contributed by atoms with Crippen molar-refractivity contribution in [1.82, 2.24) is 15.0 Å². The predicted molar refractivity (Wildman–Crippen MR) is 71.0 cm³/mol. The van der Waals surface area contributed by atoms with Crippen molar-refractivity contribution >= 4 is 17.0 Å². The highest BCUT2D eigenvalue weighted by Crippen LogP contribution is 2.26. The van der Waals surface area contributed by atoms with Crippen LogP contribution in [0.5, 0.6) is 11.5 Å². The maximum Gasteiger partial charge on any atom is 0.146 e. The van der Waals surface area contributed by atoms with Gasteiger partial charge in [0.15, 0.2) is 0 Å². The lowest BCUT2D eigenvalue weighted by Gasteiger charge is -2.08. The van der Waals surface area contributed by atoms with E-state index in [4.69, 9.17) is 4.74 Å². The summed E-state index contributed by atoms with van der Waals surface area (Å²) in [5, 5.41) is 28.8. The van der Waals surface area contributed by atoms with Gasteiger partial charge in [0.2, 0.25) is 0 Å². The lowest BCUT2D eigenvalue weighted by molar-refractivity contribution is -0.307. The molecule has 7 nitrogen and oxygen atoms in total. The number of nitrogens with zero attached hydrogens (tertiary/aromatic N) is 3. The molecule has 0 saturated heterocycles. The first-order chi connectivity index (χ1) is 10.1. The minimum atomic E-state index is -1.33. The Kier molecular flexibility index (Phi) is 3.15. The molecule has 0 saturated carbocycles. The minimum Gasteiger partial charge on any atom is -0.546 e. The Labute approximate surface area is 119 Å². The smallest absolute Gasteiger partial charge is 0.146 e. The highest BCUT2D eigenvalue weighted by atomic mass is 16.5. The van der Waals surface area contributed by atoms with Crippen LogP contribution in [0, 0.1) is 0 Å². The summed E-state index contributed by atoms with van der Waals surface area (Å²) in [6.07, 6.45) is 0. The molecule has 3 aromatic rings. The minimum absolute atomic E-state index is 0.119. The van der Waals surface area contributed by atoms with Gasteiger partial charge in [-0.3, -0.25) is 0 Å². The molecule has 0 aliphatic carbocycles. The number of hydrogen-bond donors (Lipinski definition) is 1. The summed E-state index contributed by atoms with van der Waals surface area (Å²) in [5.74, 6) is -1.23. The Bertz CT molecular complexity index is 780. The molecule has 1 aromatic heterocycles. The van der Waals surface area contributed by atoms with Crippen molar-refractivity contribution in [2.45, 2.75) is 0 Å². The second-order valence-electron chi connectivity index (χ2n) is 4.29. The zero-order valence-corrected chi connectivity index (χ0v) is 10.8. The van der Waals surface area contributed by atoms with E-state index in [2.05, 4.69) is 10.2 Å². The standard InChI is InChI=1S/C14H11N3O4/c18-13-7-9(21-8-14(19)20)5-6-12(13)17-15-10-3-1-2-4-11(10)16-17/h1-7,18H,8H2,(H,19,20)/p-1. The second-order valence-corrected chi connectivity index (χ2v) is 4.29. The van der Waals surface area contributed by atoms with Crippen LogP contribution in [0.3, 0.4) is 0 Å². The molecule has 0 radical (unpaired) electrons. The normalized spacial score (nSPS) is 10.7. The van der Waals surface area contributed by atoms with Crippen LogP contribution in [0.4, 0.5) is 0 Å². The molecule has 0 fully saturated rings. The van der Waals surface area contributed by atoms with Crippen LogP contribution in [-0.2, 0) is 4.79 Å². The second kappa shape index (κ2) is 5.12. The molecule has 0 atom stereocenters. The molecule has 2 aromatic carbocycles. The molecule has 0 aliphatic heterocycles. The van der Waals surface area contributed by atoms with E-state index >= 15 is 0 Å². The zero-order valence-electron chi connectivity index (χ0n) is 10.8. The first-order valence-corrected chi connectivity index (χ1v) is 6.11. The largest absolute Gasteiger partial charge is 0.546 e. The summed E-state index contributed by atoms with van der Waals surface area (Å²) in [6, 6.07) is 11.7. The summed E-state index contributed by atoms with van der Waals surface area (Å²) in [4.78, 5) is 11.6. The number of benzene rings is 2. The summed E-state index contributed by atoms with van der Waals surface area (Å²) in [6.45, 7) is -0.581. The number of carboxylic acid groups (broad SMARTS) is 1. The van der Waals surface area contributed by atoms with Gasteiger partial charge >= 0.3 is 0 Å². The molecule has 7 heteroatoms. The number of aromatic hydroxyl groups is 1. The van der Waals surface area contributed by atoms with Gasteiger partial charge in [-0.2, -0.15) is 0 Å². The maximum atomic E-state index is 10.3. The number of phenols is 1. The average molecular weight is 284 g/mol. The van der Waals surface area contributed by atoms with Crippen molar-refractivity contribution in [3.63, 3.8) is 0 Å². The van der Waals surface area contributed by atoms with Crippen molar-refractivity contribution in [1.29, 1.82) is 0 Å². The predicted octanol–water partition coefficient (Wildman–Crippen LogP) is 0.255. The SMILES string of the molecule is O=C([O-])COc1ccc(-n2nc3ccccc3n2)c(O)c1. The molecular formula is C14H10N3O4-. The number of hydrogen-bond acceptors (Lipinski definition) is 6. The first-order valence-electron chi connectivity index (χ1n) is 6.11. The summed E-state index contributed by atoms with van der Waals surface area (Å²) < 4.78 is 4.93. The fourth-order valence-corrected chi connectivity index (χ4v) is 1.87. The Hall–Kier alpha value is -3.09. The quantitative estimate of drug-likeness (QED) is 0.737. The summed E-state index contributed by atoms with van der Waals surface area (Å²) >= 11 is 0. The van der Waals surface area contributed by atoms with Crippen molar-refractivity contribution in [2.75, 3.05) is 6.61 Å². The molecule has 1 heterocycles. The highest BCUT2D eigenvalue weighted by molar-refractivity contribution is 5.73. The van der Waals surface area contributed by atoms with E-state index in [0.717, 1.165) is 0 Å². The molecule has 3 rings (SSSR count).